The molecule has 2 fully saturated rings. The number of nitrogens with zero attached hydrogens (tertiary/aromatic N) is 4. The number of benzene rings is 2. The minimum absolute atomic E-state index is 0.204. The first-order chi connectivity index (χ1) is 18.2. The van der Waals surface area contributed by atoms with Crippen LogP contribution < -0.4 is 10.1 Å². The largest absolute Gasteiger partial charge is 0.478 e. The molecule has 1 N–H and O–H groups in total. The highest BCUT2D eigenvalue weighted by molar-refractivity contribution is 6.05. The Hall–Kier alpha value is -3.46. The molecule has 6 rings (SSSR count). The summed E-state index contributed by atoms with van der Waals surface area (Å²) < 4.78 is 18.3. The summed E-state index contributed by atoms with van der Waals surface area (Å²) in [5.74, 6) is 2.38. The van der Waals surface area contributed by atoms with Crippen molar-refractivity contribution in [2.75, 3.05) is 58.4 Å². The molecule has 2 aliphatic heterocycles. The Morgan fingerprint density at radius 3 is 2.54 bits per heavy atom. The van der Waals surface area contributed by atoms with E-state index >= 15 is 0 Å². The second-order valence-corrected chi connectivity index (χ2v) is 9.81. The van der Waals surface area contributed by atoms with E-state index in [1.807, 2.05) is 30.3 Å². The Labute approximate surface area is 217 Å². The van der Waals surface area contributed by atoms with E-state index in [1.165, 1.54) is 0 Å². The molecule has 192 valence electrons. The van der Waals surface area contributed by atoms with E-state index in [9.17, 15) is 0 Å². The van der Waals surface area contributed by atoms with Crippen LogP contribution in [0.1, 0.15) is 12.8 Å². The number of rotatable bonds is 8. The highest BCUT2D eigenvalue weighted by atomic mass is 16.5. The zero-order valence-electron chi connectivity index (χ0n) is 21.2. The van der Waals surface area contributed by atoms with Gasteiger partial charge in [0.25, 0.3) is 0 Å². The molecule has 0 saturated carbocycles. The fraction of sp³-hybridized carbons (Fsp3) is 0.379. The molecule has 0 aliphatic carbocycles. The molecule has 2 aromatic heterocycles. The summed E-state index contributed by atoms with van der Waals surface area (Å²) in [6.07, 6.45) is 3.92. The summed E-state index contributed by atoms with van der Waals surface area (Å²) in [6.45, 7) is 6.33. The van der Waals surface area contributed by atoms with Crippen LogP contribution in [0.3, 0.4) is 0 Å². The molecular formula is C29H33N5O3. The number of hydrogen-bond acceptors (Lipinski definition) is 8. The van der Waals surface area contributed by atoms with E-state index in [0.717, 1.165) is 85.0 Å². The van der Waals surface area contributed by atoms with Crippen molar-refractivity contribution >= 4 is 16.9 Å². The van der Waals surface area contributed by atoms with Crippen LogP contribution in [-0.2, 0) is 4.74 Å². The van der Waals surface area contributed by atoms with Gasteiger partial charge in [0.1, 0.15) is 30.4 Å². The van der Waals surface area contributed by atoms with Gasteiger partial charge in [-0.05, 0) is 49.7 Å². The van der Waals surface area contributed by atoms with Gasteiger partial charge in [0, 0.05) is 50.5 Å². The summed E-state index contributed by atoms with van der Waals surface area (Å²) in [5.41, 5.74) is 3.57. The molecule has 2 aliphatic rings. The molecule has 0 bridgehead atoms. The van der Waals surface area contributed by atoms with Crippen LogP contribution in [0, 0.1) is 0 Å². The van der Waals surface area contributed by atoms with Gasteiger partial charge in [-0.25, -0.2) is 9.97 Å². The average molecular weight is 500 g/mol. The Morgan fingerprint density at radius 2 is 1.78 bits per heavy atom. The second kappa shape index (κ2) is 10.9. The van der Waals surface area contributed by atoms with Crippen molar-refractivity contribution in [1.29, 1.82) is 0 Å². The number of aromatic nitrogens is 2. The topological polar surface area (TPSA) is 75.9 Å². The summed E-state index contributed by atoms with van der Waals surface area (Å²) in [5, 5.41) is 4.39. The van der Waals surface area contributed by atoms with Crippen molar-refractivity contribution in [2.45, 2.75) is 18.9 Å². The van der Waals surface area contributed by atoms with Crippen molar-refractivity contribution in [2.24, 2.45) is 0 Å². The quantitative estimate of drug-likeness (QED) is 0.373. The number of hydrogen-bond donors (Lipinski definition) is 1. The van der Waals surface area contributed by atoms with Gasteiger partial charge in [-0.15, -0.1) is 0 Å². The number of nitrogens with one attached hydrogen (secondary N) is 1. The first kappa shape index (κ1) is 23.9. The molecule has 8 heteroatoms. The van der Waals surface area contributed by atoms with E-state index < -0.39 is 0 Å². The zero-order chi connectivity index (χ0) is 25.0. The SMILES string of the molecule is CN1CCN(COc2ccc(-c3oc4ncnc(NC[C@@H]5CCCO5)c4c3-c3ccccc3)cc2)CC1. The van der Waals surface area contributed by atoms with Crippen LogP contribution in [0.25, 0.3) is 33.6 Å². The standard InChI is InChI=1S/C29H33N5O3/c1-33-13-15-34(16-14-33)20-36-23-11-9-22(10-12-23)27-25(21-6-3-2-4-7-21)26-28(31-19-32-29(26)37-27)30-18-24-8-5-17-35-24/h2-4,6-7,9-12,19,24H,5,8,13-18,20H2,1H3,(H,30,31,32)/t24-/m0/s1. The smallest absolute Gasteiger partial charge is 0.232 e. The third-order valence-corrected chi connectivity index (χ3v) is 7.20. The Balaban J connectivity index is 1.29. The maximum atomic E-state index is 6.38. The van der Waals surface area contributed by atoms with Crippen LogP contribution in [0.4, 0.5) is 5.82 Å². The fourth-order valence-corrected chi connectivity index (χ4v) is 5.01. The number of anilines is 1. The molecule has 0 amide bonds. The molecule has 4 aromatic rings. The lowest BCUT2D eigenvalue weighted by atomic mass is 9.99. The molecule has 2 aromatic carbocycles. The minimum atomic E-state index is 0.204. The Bertz CT molecular complexity index is 1310. The molecule has 37 heavy (non-hydrogen) atoms. The number of ether oxygens (including phenoxy) is 2. The third kappa shape index (κ3) is 5.32. The summed E-state index contributed by atoms with van der Waals surface area (Å²) in [7, 11) is 2.16. The van der Waals surface area contributed by atoms with Gasteiger partial charge in [-0.3, -0.25) is 4.90 Å². The maximum absolute atomic E-state index is 6.38. The first-order valence-electron chi connectivity index (χ1n) is 13.1. The molecule has 0 radical (unpaired) electrons. The summed E-state index contributed by atoms with van der Waals surface area (Å²) in [6, 6.07) is 18.4. The van der Waals surface area contributed by atoms with Crippen molar-refractivity contribution in [3.05, 3.63) is 60.9 Å². The number of furan rings is 1. The lowest BCUT2D eigenvalue weighted by Crippen LogP contribution is -2.45. The van der Waals surface area contributed by atoms with Crippen LogP contribution in [-0.4, -0.2) is 79.0 Å². The van der Waals surface area contributed by atoms with Crippen molar-refractivity contribution < 1.29 is 13.9 Å². The summed E-state index contributed by atoms with van der Waals surface area (Å²) in [4.78, 5) is 13.7. The van der Waals surface area contributed by atoms with Gasteiger partial charge in [0.15, 0.2) is 0 Å². The predicted octanol–water partition coefficient (Wildman–Crippen LogP) is 4.73. The monoisotopic (exact) mass is 499 g/mol. The van der Waals surface area contributed by atoms with Gasteiger partial charge in [0.2, 0.25) is 5.71 Å². The highest BCUT2D eigenvalue weighted by Crippen LogP contribution is 2.42. The van der Waals surface area contributed by atoms with E-state index in [2.05, 4.69) is 56.4 Å². The van der Waals surface area contributed by atoms with Crippen molar-refractivity contribution in [3.63, 3.8) is 0 Å². The van der Waals surface area contributed by atoms with Gasteiger partial charge in [0.05, 0.1) is 11.5 Å². The number of fused-ring (bicyclic) bond motifs is 1. The third-order valence-electron chi connectivity index (χ3n) is 7.20. The van der Waals surface area contributed by atoms with Crippen LogP contribution in [0.15, 0.2) is 65.3 Å². The van der Waals surface area contributed by atoms with Crippen LogP contribution >= 0.6 is 0 Å². The zero-order valence-corrected chi connectivity index (χ0v) is 21.2. The lowest BCUT2D eigenvalue weighted by Gasteiger charge is -2.31. The van der Waals surface area contributed by atoms with Gasteiger partial charge < -0.3 is 24.1 Å². The van der Waals surface area contributed by atoms with Crippen LogP contribution in [0.5, 0.6) is 5.75 Å². The van der Waals surface area contributed by atoms with Crippen LogP contribution in [0.2, 0.25) is 0 Å². The lowest BCUT2D eigenvalue weighted by molar-refractivity contribution is 0.0763. The average Bonchev–Trinajstić information content (AvgIpc) is 3.61. The fourth-order valence-electron chi connectivity index (χ4n) is 5.01. The molecule has 0 spiro atoms. The molecule has 1 atom stereocenters. The van der Waals surface area contributed by atoms with E-state index in [1.54, 1.807) is 6.33 Å². The molecule has 8 nitrogen and oxygen atoms in total. The predicted molar refractivity (Wildman–Crippen MR) is 145 cm³/mol. The molecular weight excluding hydrogens is 466 g/mol. The van der Waals surface area contributed by atoms with Crippen molar-refractivity contribution in [3.8, 4) is 28.2 Å². The van der Waals surface area contributed by atoms with Gasteiger partial charge in [-0.1, -0.05) is 30.3 Å². The number of piperazine rings is 1. The molecule has 4 heterocycles. The van der Waals surface area contributed by atoms with Gasteiger partial charge in [-0.2, -0.15) is 0 Å². The number of likely N-dealkylation sites (N-methyl/N-ethyl adjacent to an activating group) is 1. The van der Waals surface area contributed by atoms with E-state index in [-0.39, 0.29) is 6.10 Å². The molecule has 2 saturated heterocycles. The minimum Gasteiger partial charge on any atom is -0.478 e. The summed E-state index contributed by atoms with van der Waals surface area (Å²) >= 11 is 0. The highest BCUT2D eigenvalue weighted by Gasteiger charge is 2.23. The Morgan fingerprint density at radius 1 is 0.973 bits per heavy atom. The second-order valence-electron chi connectivity index (χ2n) is 9.81. The van der Waals surface area contributed by atoms with E-state index in [4.69, 9.17) is 13.9 Å². The Kier molecular flexibility index (Phi) is 7.03. The normalized spacial score (nSPS) is 18.9. The van der Waals surface area contributed by atoms with Crippen molar-refractivity contribution in [1.82, 2.24) is 19.8 Å². The first-order valence-corrected chi connectivity index (χ1v) is 13.1. The maximum Gasteiger partial charge on any atom is 0.232 e. The van der Waals surface area contributed by atoms with E-state index in [0.29, 0.717) is 19.0 Å². The molecule has 0 unspecified atom stereocenters. The van der Waals surface area contributed by atoms with Gasteiger partial charge >= 0.3 is 0 Å².